The van der Waals surface area contributed by atoms with E-state index in [0.29, 0.717) is 22.2 Å². The highest BCUT2D eigenvalue weighted by atomic mass is 35.5. The Hall–Kier alpha value is -1.75. The molecule has 1 atom stereocenters. The number of hydrogen-bond donors (Lipinski definition) is 1. The predicted molar refractivity (Wildman–Crippen MR) is 86.3 cm³/mol. The normalized spacial score (nSPS) is 18.0. The van der Waals surface area contributed by atoms with Gasteiger partial charge in [-0.3, -0.25) is 4.79 Å². The van der Waals surface area contributed by atoms with Gasteiger partial charge in [0.05, 0.1) is 29.9 Å². The van der Waals surface area contributed by atoms with E-state index < -0.39 is 5.97 Å². The molecule has 120 valence electrons. The van der Waals surface area contributed by atoms with Gasteiger partial charge in [-0.05, 0) is 37.0 Å². The van der Waals surface area contributed by atoms with Crippen LogP contribution in [0.15, 0.2) is 18.2 Å². The topological polar surface area (TPSA) is 58.6 Å². The summed E-state index contributed by atoms with van der Waals surface area (Å²) < 4.78 is 4.68. The standard InChI is InChI=1S/C16H21ClN2O3/c1-11-4-3-7-19(10-11)15(20)9-18-14-8-12(16(21)22-2)5-6-13(14)17/h5-6,8,11,18H,3-4,7,9-10H2,1-2H3. The minimum absolute atomic E-state index is 0.0473. The van der Waals surface area contributed by atoms with Crippen molar-refractivity contribution in [1.82, 2.24) is 4.90 Å². The van der Waals surface area contributed by atoms with Gasteiger partial charge in [-0.1, -0.05) is 18.5 Å². The number of anilines is 1. The van der Waals surface area contributed by atoms with Gasteiger partial charge in [0, 0.05) is 13.1 Å². The number of rotatable bonds is 4. The first-order chi connectivity index (χ1) is 10.5. The third kappa shape index (κ3) is 4.13. The number of piperidine rings is 1. The van der Waals surface area contributed by atoms with Crippen molar-refractivity contribution in [2.75, 3.05) is 32.1 Å². The molecule has 0 saturated carbocycles. The smallest absolute Gasteiger partial charge is 0.337 e. The lowest BCUT2D eigenvalue weighted by Crippen LogP contribution is -2.41. The molecule has 0 bridgehead atoms. The molecule has 0 spiro atoms. The molecule has 6 heteroatoms. The van der Waals surface area contributed by atoms with Gasteiger partial charge in [0.15, 0.2) is 0 Å². The summed E-state index contributed by atoms with van der Waals surface area (Å²) in [5.41, 5.74) is 0.955. The van der Waals surface area contributed by atoms with E-state index in [0.717, 1.165) is 19.5 Å². The van der Waals surface area contributed by atoms with Crippen LogP contribution in [-0.2, 0) is 9.53 Å². The van der Waals surface area contributed by atoms with Crippen LogP contribution in [0, 0.1) is 5.92 Å². The number of hydrogen-bond acceptors (Lipinski definition) is 4. The molecule has 1 aromatic rings. The molecule has 1 saturated heterocycles. The lowest BCUT2D eigenvalue weighted by atomic mass is 10.0. The van der Waals surface area contributed by atoms with Gasteiger partial charge < -0.3 is 15.0 Å². The van der Waals surface area contributed by atoms with E-state index in [1.165, 1.54) is 13.5 Å². The number of carbonyl (C=O) groups is 2. The quantitative estimate of drug-likeness (QED) is 0.865. The van der Waals surface area contributed by atoms with Crippen LogP contribution in [0.25, 0.3) is 0 Å². The number of carbonyl (C=O) groups excluding carboxylic acids is 2. The molecule has 0 aliphatic carbocycles. The molecule has 1 aromatic carbocycles. The zero-order chi connectivity index (χ0) is 16.1. The predicted octanol–water partition coefficient (Wildman–Crippen LogP) is 2.80. The second-order valence-corrected chi connectivity index (χ2v) is 6.03. The summed E-state index contributed by atoms with van der Waals surface area (Å²) in [6.45, 7) is 3.93. The Bertz CT molecular complexity index is 562. The van der Waals surface area contributed by atoms with Crippen LogP contribution in [0.3, 0.4) is 0 Å². The van der Waals surface area contributed by atoms with Crippen LogP contribution in [0.2, 0.25) is 5.02 Å². The van der Waals surface area contributed by atoms with Crippen molar-refractivity contribution in [2.24, 2.45) is 5.92 Å². The Morgan fingerprint density at radius 2 is 2.23 bits per heavy atom. The minimum Gasteiger partial charge on any atom is -0.465 e. The average Bonchev–Trinajstić information content (AvgIpc) is 2.53. The van der Waals surface area contributed by atoms with Crippen LogP contribution in [0.1, 0.15) is 30.1 Å². The Morgan fingerprint density at radius 1 is 1.45 bits per heavy atom. The van der Waals surface area contributed by atoms with Crippen LogP contribution in [-0.4, -0.2) is 43.5 Å². The number of likely N-dealkylation sites (tertiary alicyclic amines) is 1. The monoisotopic (exact) mass is 324 g/mol. The van der Waals surface area contributed by atoms with Crippen LogP contribution in [0.5, 0.6) is 0 Å². The molecule has 1 aliphatic rings. The fourth-order valence-electron chi connectivity index (χ4n) is 2.60. The maximum Gasteiger partial charge on any atom is 0.337 e. The number of ether oxygens (including phenoxy) is 1. The maximum atomic E-state index is 12.2. The first-order valence-electron chi connectivity index (χ1n) is 7.40. The highest BCUT2D eigenvalue weighted by Gasteiger charge is 2.20. The SMILES string of the molecule is COC(=O)c1ccc(Cl)c(NCC(=O)N2CCCC(C)C2)c1. The summed E-state index contributed by atoms with van der Waals surface area (Å²) in [5, 5.41) is 3.48. The maximum absolute atomic E-state index is 12.2. The van der Waals surface area contributed by atoms with Gasteiger partial charge in [-0.25, -0.2) is 4.79 Å². The molecule has 1 aliphatic heterocycles. The first kappa shape index (κ1) is 16.6. The van der Waals surface area contributed by atoms with Gasteiger partial charge in [-0.15, -0.1) is 0 Å². The van der Waals surface area contributed by atoms with Gasteiger partial charge >= 0.3 is 5.97 Å². The molecular formula is C16H21ClN2O3. The summed E-state index contributed by atoms with van der Waals surface area (Å²) in [5.74, 6) is 0.158. The van der Waals surface area contributed by atoms with Crippen molar-refractivity contribution < 1.29 is 14.3 Å². The molecule has 2 rings (SSSR count). The Morgan fingerprint density at radius 3 is 2.91 bits per heavy atom. The lowest BCUT2D eigenvalue weighted by Gasteiger charge is -2.31. The molecule has 1 fully saturated rings. The third-order valence-corrected chi connectivity index (χ3v) is 4.16. The third-order valence-electron chi connectivity index (χ3n) is 3.83. The van der Waals surface area contributed by atoms with Gasteiger partial charge in [0.25, 0.3) is 0 Å². The molecule has 22 heavy (non-hydrogen) atoms. The number of esters is 1. The largest absolute Gasteiger partial charge is 0.465 e. The van der Waals surface area contributed by atoms with Crippen LogP contribution >= 0.6 is 11.6 Å². The molecule has 1 unspecified atom stereocenters. The molecule has 1 N–H and O–H groups in total. The van der Waals surface area contributed by atoms with E-state index in [2.05, 4.69) is 17.0 Å². The van der Waals surface area contributed by atoms with Crippen molar-refractivity contribution in [3.05, 3.63) is 28.8 Å². The van der Waals surface area contributed by atoms with Crippen molar-refractivity contribution in [3.8, 4) is 0 Å². The van der Waals surface area contributed by atoms with Crippen LogP contribution in [0.4, 0.5) is 5.69 Å². The van der Waals surface area contributed by atoms with Gasteiger partial charge in [0.2, 0.25) is 5.91 Å². The second kappa shape index (κ2) is 7.49. The fraction of sp³-hybridized carbons (Fsp3) is 0.500. The van der Waals surface area contributed by atoms with E-state index in [4.69, 9.17) is 11.6 Å². The van der Waals surface area contributed by atoms with Crippen molar-refractivity contribution in [3.63, 3.8) is 0 Å². The summed E-state index contributed by atoms with van der Waals surface area (Å²) in [6, 6.07) is 4.80. The molecule has 5 nitrogen and oxygen atoms in total. The van der Waals surface area contributed by atoms with Crippen molar-refractivity contribution in [1.29, 1.82) is 0 Å². The Balaban J connectivity index is 1.98. The summed E-state index contributed by atoms with van der Waals surface area (Å²) >= 11 is 6.10. The molecule has 1 amide bonds. The lowest BCUT2D eigenvalue weighted by molar-refractivity contribution is -0.130. The van der Waals surface area contributed by atoms with Crippen LogP contribution < -0.4 is 5.32 Å². The zero-order valence-electron chi connectivity index (χ0n) is 12.9. The highest BCUT2D eigenvalue weighted by Crippen LogP contribution is 2.23. The minimum atomic E-state index is -0.434. The first-order valence-corrected chi connectivity index (χ1v) is 7.78. The van der Waals surface area contributed by atoms with E-state index in [1.807, 2.05) is 4.90 Å². The fourth-order valence-corrected chi connectivity index (χ4v) is 2.79. The molecular weight excluding hydrogens is 304 g/mol. The van der Waals surface area contributed by atoms with E-state index >= 15 is 0 Å². The average molecular weight is 325 g/mol. The Labute approximate surface area is 135 Å². The number of nitrogens with zero attached hydrogens (tertiary/aromatic N) is 1. The molecule has 1 heterocycles. The highest BCUT2D eigenvalue weighted by molar-refractivity contribution is 6.33. The number of amides is 1. The van der Waals surface area contributed by atoms with E-state index in [1.54, 1.807) is 18.2 Å². The zero-order valence-corrected chi connectivity index (χ0v) is 13.7. The summed E-state index contributed by atoms with van der Waals surface area (Å²) in [7, 11) is 1.32. The van der Waals surface area contributed by atoms with Gasteiger partial charge in [0.1, 0.15) is 0 Å². The number of halogens is 1. The van der Waals surface area contributed by atoms with E-state index in [-0.39, 0.29) is 12.5 Å². The Kier molecular flexibility index (Phi) is 5.66. The summed E-state index contributed by atoms with van der Waals surface area (Å²) in [4.78, 5) is 25.6. The molecule has 0 aromatic heterocycles. The van der Waals surface area contributed by atoms with E-state index in [9.17, 15) is 9.59 Å². The number of benzene rings is 1. The van der Waals surface area contributed by atoms with Gasteiger partial charge in [-0.2, -0.15) is 0 Å². The van der Waals surface area contributed by atoms with Crippen molar-refractivity contribution >= 4 is 29.2 Å². The second-order valence-electron chi connectivity index (χ2n) is 5.63. The summed E-state index contributed by atoms with van der Waals surface area (Å²) in [6.07, 6.45) is 2.22. The number of nitrogens with one attached hydrogen (secondary N) is 1. The van der Waals surface area contributed by atoms with Crippen molar-refractivity contribution in [2.45, 2.75) is 19.8 Å². The number of methoxy groups -OCH3 is 1. The molecule has 0 radical (unpaired) electrons.